The molecular formula is C18H24N2O2. The second-order valence-corrected chi connectivity index (χ2v) is 5.38. The number of benzene rings is 1. The van der Waals surface area contributed by atoms with Gasteiger partial charge in [-0.15, -0.1) is 0 Å². The van der Waals surface area contributed by atoms with Gasteiger partial charge in [0.25, 0.3) is 0 Å². The van der Waals surface area contributed by atoms with E-state index in [1.54, 1.807) is 6.07 Å². The fraction of sp³-hybridized carbons (Fsp3) is 0.556. The minimum Gasteiger partial charge on any atom is -0.507 e. The fourth-order valence-corrected chi connectivity index (χ4v) is 2.34. The van der Waals surface area contributed by atoms with Crippen molar-refractivity contribution in [1.29, 1.82) is 10.5 Å². The van der Waals surface area contributed by atoms with Gasteiger partial charge in [-0.3, -0.25) is 0 Å². The SMILES string of the molecule is CCCCCCCCCCOc1ccc(O)c(C#N)c1C#N. The van der Waals surface area contributed by atoms with Crippen molar-refractivity contribution >= 4 is 0 Å². The van der Waals surface area contributed by atoms with Crippen LogP contribution in [0, 0.1) is 22.7 Å². The van der Waals surface area contributed by atoms with Gasteiger partial charge in [0.15, 0.2) is 0 Å². The molecule has 0 aliphatic heterocycles. The Bertz CT molecular complexity index is 541. The molecule has 1 N–H and O–H groups in total. The van der Waals surface area contributed by atoms with E-state index in [-0.39, 0.29) is 16.9 Å². The summed E-state index contributed by atoms with van der Waals surface area (Å²) in [6, 6.07) is 6.70. The molecule has 1 rings (SSSR count). The standard InChI is InChI=1S/C18H24N2O2/c1-2-3-4-5-6-7-8-9-12-22-18-11-10-17(21)15(13-19)16(18)14-20/h10-11,21H,2-9,12H2,1H3. The van der Waals surface area contributed by atoms with E-state index in [0.29, 0.717) is 12.4 Å². The smallest absolute Gasteiger partial charge is 0.138 e. The van der Waals surface area contributed by atoms with Crippen molar-refractivity contribution < 1.29 is 9.84 Å². The average Bonchev–Trinajstić information content (AvgIpc) is 2.53. The van der Waals surface area contributed by atoms with E-state index in [1.807, 2.05) is 12.1 Å². The highest BCUT2D eigenvalue weighted by Crippen LogP contribution is 2.28. The molecular weight excluding hydrogens is 276 g/mol. The quantitative estimate of drug-likeness (QED) is 0.638. The highest BCUT2D eigenvalue weighted by Gasteiger charge is 2.13. The first-order valence-corrected chi connectivity index (χ1v) is 8.03. The van der Waals surface area contributed by atoms with Gasteiger partial charge < -0.3 is 9.84 Å². The zero-order chi connectivity index (χ0) is 16.2. The lowest BCUT2D eigenvalue weighted by molar-refractivity contribution is 0.303. The van der Waals surface area contributed by atoms with E-state index in [0.717, 1.165) is 12.8 Å². The lowest BCUT2D eigenvalue weighted by Gasteiger charge is -2.09. The van der Waals surface area contributed by atoms with Crippen molar-refractivity contribution in [3.05, 3.63) is 23.3 Å². The summed E-state index contributed by atoms with van der Waals surface area (Å²) in [5, 5.41) is 27.6. The van der Waals surface area contributed by atoms with Crippen LogP contribution in [-0.4, -0.2) is 11.7 Å². The Morgan fingerprint density at radius 1 is 0.909 bits per heavy atom. The lowest BCUT2D eigenvalue weighted by atomic mass is 10.1. The number of rotatable bonds is 10. The average molecular weight is 300 g/mol. The van der Waals surface area contributed by atoms with E-state index in [4.69, 9.17) is 15.3 Å². The number of unbranched alkanes of at least 4 members (excludes halogenated alkanes) is 7. The monoisotopic (exact) mass is 300 g/mol. The molecule has 0 heterocycles. The number of aromatic hydroxyl groups is 1. The summed E-state index contributed by atoms with van der Waals surface area (Å²) in [4.78, 5) is 0. The van der Waals surface area contributed by atoms with Crippen LogP contribution in [0.1, 0.15) is 69.4 Å². The van der Waals surface area contributed by atoms with Crippen LogP contribution >= 0.6 is 0 Å². The molecule has 0 aliphatic carbocycles. The molecule has 0 saturated carbocycles. The zero-order valence-electron chi connectivity index (χ0n) is 13.3. The summed E-state index contributed by atoms with van der Waals surface area (Å²) in [5.41, 5.74) is 0.0954. The molecule has 1 aromatic rings. The highest BCUT2D eigenvalue weighted by atomic mass is 16.5. The third-order valence-corrected chi connectivity index (χ3v) is 3.62. The molecule has 4 nitrogen and oxygen atoms in total. The van der Waals surface area contributed by atoms with Crippen LogP contribution in [0.15, 0.2) is 12.1 Å². The minimum absolute atomic E-state index is 0.0177. The van der Waals surface area contributed by atoms with Crippen molar-refractivity contribution in [1.82, 2.24) is 0 Å². The molecule has 4 heteroatoms. The molecule has 0 fully saturated rings. The van der Waals surface area contributed by atoms with Crippen molar-refractivity contribution in [3.8, 4) is 23.6 Å². The molecule has 118 valence electrons. The molecule has 0 bridgehead atoms. The summed E-state index contributed by atoms with van der Waals surface area (Å²) in [7, 11) is 0. The first-order chi connectivity index (χ1) is 10.7. The van der Waals surface area contributed by atoms with Gasteiger partial charge in [0, 0.05) is 0 Å². The Hall–Kier alpha value is -2.20. The van der Waals surface area contributed by atoms with Crippen LogP contribution in [0.5, 0.6) is 11.5 Å². The van der Waals surface area contributed by atoms with Gasteiger partial charge in [-0.05, 0) is 18.6 Å². The number of ether oxygens (including phenoxy) is 1. The first kappa shape index (κ1) is 17.9. The van der Waals surface area contributed by atoms with Gasteiger partial charge in [0.1, 0.15) is 34.8 Å². The Morgan fingerprint density at radius 2 is 1.50 bits per heavy atom. The molecule has 0 atom stereocenters. The highest BCUT2D eigenvalue weighted by molar-refractivity contribution is 5.59. The molecule has 0 aromatic heterocycles. The second-order valence-electron chi connectivity index (χ2n) is 5.38. The summed E-state index contributed by atoms with van der Waals surface area (Å²) < 4.78 is 5.59. The van der Waals surface area contributed by atoms with E-state index in [9.17, 15) is 5.11 Å². The molecule has 0 spiro atoms. The van der Waals surface area contributed by atoms with Gasteiger partial charge >= 0.3 is 0 Å². The van der Waals surface area contributed by atoms with Crippen molar-refractivity contribution in [3.63, 3.8) is 0 Å². The fourth-order valence-electron chi connectivity index (χ4n) is 2.34. The maximum Gasteiger partial charge on any atom is 0.138 e. The van der Waals surface area contributed by atoms with E-state index >= 15 is 0 Å². The number of hydrogen-bond acceptors (Lipinski definition) is 4. The van der Waals surface area contributed by atoms with Crippen LogP contribution in [0.25, 0.3) is 0 Å². The number of phenolic OH excluding ortho intramolecular Hbond substituents is 1. The molecule has 22 heavy (non-hydrogen) atoms. The van der Waals surface area contributed by atoms with Gasteiger partial charge in [-0.1, -0.05) is 51.9 Å². The van der Waals surface area contributed by atoms with Crippen LogP contribution in [0.4, 0.5) is 0 Å². The van der Waals surface area contributed by atoms with Gasteiger partial charge in [0.05, 0.1) is 6.61 Å². The normalized spacial score (nSPS) is 9.95. The molecule has 0 unspecified atom stereocenters. The van der Waals surface area contributed by atoms with Crippen LogP contribution < -0.4 is 4.74 Å². The van der Waals surface area contributed by atoms with E-state index in [1.165, 1.54) is 44.6 Å². The maximum absolute atomic E-state index is 9.55. The molecule has 0 amide bonds. The first-order valence-electron chi connectivity index (χ1n) is 8.03. The number of phenols is 1. The molecule has 0 saturated heterocycles. The van der Waals surface area contributed by atoms with Gasteiger partial charge in [0.2, 0.25) is 0 Å². The molecule has 0 radical (unpaired) electrons. The van der Waals surface area contributed by atoms with Crippen molar-refractivity contribution in [2.75, 3.05) is 6.61 Å². The van der Waals surface area contributed by atoms with Gasteiger partial charge in [-0.25, -0.2) is 0 Å². The lowest BCUT2D eigenvalue weighted by Crippen LogP contribution is -2.00. The van der Waals surface area contributed by atoms with Crippen LogP contribution in [0.2, 0.25) is 0 Å². The third kappa shape index (κ3) is 5.66. The topological polar surface area (TPSA) is 77.0 Å². The van der Waals surface area contributed by atoms with Gasteiger partial charge in [-0.2, -0.15) is 10.5 Å². The molecule has 0 aliphatic rings. The summed E-state index contributed by atoms with van der Waals surface area (Å²) >= 11 is 0. The minimum atomic E-state index is -0.182. The Labute approximate surface area is 133 Å². The Balaban J connectivity index is 2.32. The summed E-state index contributed by atoms with van der Waals surface area (Å²) in [5.74, 6) is 0.193. The Morgan fingerprint density at radius 3 is 2.09 bits per heavy atom. The number of nitriles is 2. The second kappa shape index (κ2) is 10.5. The number of nitrogens with zero attached hydrogens (tertiary/aromatic N) is 2. The summed E-state index contributed by atoms with van der Waals surface area (Å²) in [6.07, 6.45) is 9.73. The predicted octanol–water partition coefficient (Wildman–Crippen LogP) is 4.66. The van der Waals surface area contributed by atoms with Crippen molar-refractivity contribution in [2.45, 2.75) is 58.3 Å². The van der Waals surface area contributed by atoms with Crippen molar-refractivity contribution in [2.24, 2.45) is 0 Å². The third-order valence-electron chi connectivity index (χ3n) is 3.62. The van der Waals surface area contributed by atoms with E-state index in [2.05, 4.69) is 6.92 Å². The maximum atomic E-state index is 9.55. The predicted molar refractivity (Wildman–Crippen MR) is 85.6 cm³/mol. The van der Waals surface area contributed by atoms with Crippen LogP contribution in [-0.2, 0) is 0 Å². The van der Waals surface area contributed by atoms with E-state index < -0.39 is 0 Å². The summed E-state index contributed by atoms with van der Waals surface area (Å²) in [6.45, 7) is 2.74. The molecule has 1 aromatic carbocycles. The Kier molecular flexibility index (Phi) is 8.53. The zero-order valence-corrected chi connectivity index (χ0v) is 13.3. The number of hydrogen-bond donors (Lipinski definition) is 1. The largest absolute Gasteiger partial charge is 0.507 e. The van der Waals surface area contributed by atoms with Crippen LogP contribution in [0.3, 0.4) is 0 Å².